The van der Waals surface area contributed by atoms with E-state index in [1.807, 2.05) is 0 Å². The lowest BCUT2D eigenvalue weighted by atomic mass is 10.1. The van der Waals surface area contributed by atoms with Crippen molar-refractivity contribution in [1.82, 2.24) is 0 Å². The van der Waals surface area contributed by atoms with Crippen molar-refractivity contribution >= 4 is 47.5 Å². The first-order valence-corrected chi connectivity index (χ1v) is 11.9. The summed E-state index contributed by atoms with van der Waals surface area (Å²) in [6.07, 6.45) is 0. The Morgan fingerprint density at radius 3 is 1.31 bits per heavy atom. The van der Waals surface area contributed by atoms with E-state index in [-0.39, 0.29) is 10.4 Å². The van der Waals surface area contributed by atoms with E-state index in [0.29, 0.717) is 5.19 Å². The molecule has 0 aliphatic carbocycles. The third kappa shape index (κ3) is 3.65. The largest absolute Gasteiger partial charge is 0.478 e. The first kappa shape index (κ1) is 22.4. The SMILES string of the molecule is C[Si](c1ccccc1)(c1cccc(C(=O)O)c1C(=O)O)c1cccc(C(=O)O)c1C(=O)O. The maximum Gasteiger partial charge on any atom is 0.336 e. The monoisotopic (exact) mass is 450 g/mol. The minimum Gasteiger partial charge on any atom is -0.478 e. The van der Waals surface area contributed by atoms with E-state index in [4.69, 9.17) is 0 Å². The molecule has 9 heteroatoms. The Hall–Kier alpha value is -4.24. The summed E-state index contributed by atoms with van der Waals surface area (Å²) >= 11 is 0. The molecule has 0 saturated carbocycles. The molecule has 162 valence electrons. The fourth-order valence-corrected chi connectivity index (χ4v) is 8.10. The van der Waals surface area contributed by atoms with Gasteiger partial charge in [0.1, 0.15) is 8.07 Å². The number of carbonyl (C=O) groups is 4. The second kappa shape index (κ2) is 8.48. The Bertz CT molecular complexity index is 1170. The number of benzene rings is 3. The van der Waals surface area contributed by atoms with Gasteiger partial charge in [-0.15, -0.1) is 0 Å². The first-order chi connectivity index (χ1) is 15.1. The highest BCUT2D eigenvalue weighted by Crippen LogP contribution is 2.18. The average Bonchev–Trinajstić information content (AvgIpc) is 2.77. The van der Waals surface area contributed by atoms with Crippen LogP contribution < -0.4 is 15.6 Å². The van der Waals surface area contributed by atoms with Gasteiger partial charge in [0.25, 0.3) is 0 Å². The lowest BCUT2D eigenvalue weighted by Crippen LogP contribution is -2.67. The van der Waals surface area contributed by atoms with E-state index in [1.165, 1.54) is 36.4 Å². The summed E-state index contributed by atoms with van der Waals surface area (Å²) in [7, 11) is -3.54. The molecule has 0 unspecified atom stereocenters. The molecule has 0 heterocycles. The van der Waals surface area contributed by atoms with Gasteiger partial charge >= 0.3 is 23.9 Å². The lowest BCUT2D eigenvalue weighted by molar-refractivity contribution is 0.0652. The molecule has 0 aliphatic rings. The second-order valence-electron chi connectivity index (χ2n) is 7.17. The predicted molar refractivity (Wildman–Crippen MR) is 118 cm³/mol. The van der Waals surface area contributed by atoms with Crippen LogP contribution in [0.2, 0.25) is 6.55 Å². The van der Waals surface area contributed by atoms with Gasteiger partial charge in [0.05, 0.1) is 22.3 Å². The van der Waals surface area contributed by atoms with Gasteiger partial charge in [-0.2, -0.15) is 0 Å². The molecule has 0 amide bonds. The molecule has 0 atom stereocenters. The van der Waals surface area contributed by atoms with Crippen molar-refractivity contribution in [3.8, 4) is 0 Å². The van der Waals surface area contributed by atoms with Crippen LogP contribution in [0, 0.1) is 0 Å². The zero-order chi connectivity index (χ0) is 23.6. The van der Waals surface area contributed by atoms with Crippen molar-refractivity contribution < 1.29 is 39.6 Å². The molecule has 0 saturated heterocycles. The van der Waals surface area contributed by atoms with Crippen LogP contribution >= 0.6 is 0 Å². The summed E-state index contributed by atoms with van der Waals surface area (Å²) in [6, 6.07) is 16.6. The first-order valence-electron chi connectivity index (χ1n) is 9.36. The van der Waals surface area contributed by atoms with Gasteiger partial charge < -0.3 is 20.4 Å². The molecule has 8 nitrogen and oxygen atoms in total. The second-order valence-corrected chi connectivity index (χ2v) is 11.1. The van der Waals surface area contributed by atoms with Gasteiger partial charge in [-0.05, 0) is 27.7 Å². The highest BCUT2D eigenvalue weighted by Gasteiger charge is 2.42. The summed E-state index contributed by atoms with van der Waals surface area (Å²) in [5.74, 6) is -5.82. The van der Waals surface area contributed by atoms with Crippen molar-refractivity contribution in [2.45, 2.75) is 6.55 Å². The predicted octanol–water partition coefficient (Wildman–Crippen LogP) is 1.58. The van der Waals surface area contributed by atoms with Gasteiger partial charge in [0.2, 0.25) is 0 Å². The van der Waals surface area contributed by atoms with Crippen molar-refractivity contribution in [2.24, 2.45) is 0 Å². The van der Waals surface area contributed by atoms with Gasteiger partial charge in [-0.3, -0.25) is 0 Å². The van der Waals surface area contributed by atoms with E-state index in [1.54, 1.807) is 36.9 Å². The lowest BCUT2D eigenvalue weighted by Gasteiger charge is -2.32. The quantitative estimate of drug-likeness (QED) is 0.313. The normalized spacial score (nSPS) is 11.0. The summed E-state index contributed by atoms with van der Waals surface area (Å²) in [5, 5.41) is 39.9. The third-order valence-electron chi connectivity index (χ3n) is 5.45. The van der Waals surface area contributed by atoms with Crippen LogP contribution in [0.3, 0.4) is 0 Å². The summed E-state index contributed by atoms with van der Waals surface area (Å²) in [6.45, 7) is 1.68. The Balaban J connectivity index is 2.56. The fourth-order valence-electron chi connectivity index (χ4n) is 3.98. The molecule has 0 bridgehead atoms. The van der Waals surface area contributed by atoms with Crippen molar-refractivity contribution in [3.63, 3.8) is 0 Å². The summed E-state index contributed by atoms with van der Waals surface area (Å²) < 4.78 is 0. The molecule has 32 heavy (non-hydrogen) atoms. The average molecular weight is 450 g/mol. The highest BCUT2D eigenvalue weighted by molar-refractivity contribution is 7.11. The third-order valence-corrected chi connectivity index (χ3v) is 9.92. The van der Waals surface area contributed by atoms with Crippen LogP contribution in [0.5, 0.6) is 0 Å². The van der Waals surface area contributed by atoms with Crippen LogP contribution in [-0.2, 0) is 0 Å². The minimum absolute atomic E-state index is 0.154. The zero-order valence-corrected chi connectivity index (χ0v) is 17.8. The number of carboxylic acids is 4. The zero-order valence-electron chi connectivity index (χ0n) is 16.8. The van der Waals surface area contributed by atoms with E-state index in [2.05, 4.69) is 0 Å². The van der Waals surface area contributed by atoms with Crippen LogP contribution in [0.15, 0.2) is 66.7 Å². The standard InChI is InChI=1S/C23H18O8Si/c1-32(13-7-3-2-4-8-13,16-11-5-9-14(20(24)25)18(16)22(28)29)17-12-6-10-15(21(26)27)19(17)23(30)31/h2-12H,1H3,(H,24,25)(H,26,27)(H,28,29)(H,30,31). The van der Waals surface area contributed by atoms with Crippen LogP contribution in [0.4, 0.5) is 0 Å². The van der Waals surface area contributed by atoms with Crippen molar-refractivity contribution in [3.05, 3.63) is 89.0 Å². The molecule has 0 aliphatic heterocycles. The molecule has 0 aromatic heterocycles. The van der Waals surface area contributed by atoms with Gasteiger partial charge in [-0.25, -0.2) is 19.2 Å². The van der Waals surface area contributed by atoms with Crippen LogP contribution in [-0.4, -0.2) is 52.4 Å². The summed E-state index contributed by atoms with van der Waals surface area (Å²) in [4.78, 5) is 48.0. The number of aromatic carboxylic acids is 4. The van der Waals surface area contributed by atoms with Gasteiger partial charge in [0, 0.05) is 0 Å². The summed E-state index contributed by atoms with van der Waals surface area (Å²) in [5.41, 5.74) is -1.77. The van der Waals surface area contributed by atoms with Crippen LogP contribution in [0.1, 0.15) is 41.4 Å². The molecule has 0 radical (unpaired) electrons. The molecular weight excluding hydrogens is 432 g/mol. The topological polar surface area (TPSA) is 149 Å². The Labute approximate surface area is 183 Å². The van der Waals surface area contributed by atoms with Gasteiger partial charge in [0.15, 0.2) is 0 Å². The smallest absolute Gasteiger partial charge is 0.336 e. The molecule has 0 fully saturated rings. The number of hydrogen-bond donors (Lipinski definition) is 4. The Morgan fingerprint density at radius 2 is 0.969 bits per heavy atom. The molecule has 4 N–H and O–H groups in total. The molecule has 3 aromatic rings. The van der Waals surface area contributed by atoms with Crippen LogP contribution in [0.25, 0.3) is 0 Å². The molecule has 3 rings (SSSR count). The molecular formula is C23H18O8Si. The number of rotatable bonds is 7. The van der Waals surface area contributed by atoms with Crippen molar-refractivity contribution in [1.29, 1.82) is 0 Å². The van der Waals surface area contributed by atoms with E-state index < -0.39 is 54.2 Å². The fraction of sp³-hybridized carbons (Fsp3) is 0.0435. The van der Waals surface area contributed by atoms with E-state index >= 15 is 0 Å². The van der Waals surface area contributed by atoms with E-state index in [0.717, 1.165) is 0 Å². The maximum atomic E-state index is 12.2. The molecule has 0 spiro atoms. The maximum absolute atomic E-state index is 12.2. The van der Waals surface area contributed by atoms with Crippen molar-refractivity contribution in [2.75, 3.05) is 0 Å². The molecule has 3 aromatic carbocycles. The van der Waals surface area contributed by atoms with E-state index in [9.17, 15) is 39.6 Å². The number of hydrogen-bond acceptors (Lipinski definition) is 4. The number of carboxylic acid groups (broad SMARTS) is 4. The Morgan fingerprint density at radius 1 is 0.562 bits per heavy atom. The minimum atomic E-state index is -3.54. The van der Waals surface area contributed by atoms with Gasteiger partial charge in [-0.1, -0.05) is 61.1 Å². The Kier molecular flexibility index (Phi) is 5.95. The highest BCUT2D eigenvalue weighted by atomic mass is 28.3.